The van der Waals surface area contributed by atoms with Crippen LogP contribution in [0.5, 0.6) is 5.75 Å². The molecule has 0 fully saturated rings. The molecule has 1 aromatic rings. The molecule has 1 heterocycles. The number of rotatable bonds is 4. The normalized spacial score (nSPS) is 19.4. The van der Waals surface area contributed by atoms with E-state index in [0.29, 0.717) is 30.1 Å². The van der Waals surface area contributed by atoms with Crippen molar-refractivity contribution < 1.29 is 19.1 Å². The molecule has 2 atom stereocenters. The molecule has 29 heavy (non-hydrogen) atoms. The van der Waals surface area contributed by atoms with Gasteiger partial charge < -0.3 is 25.2 Å². The van der Waals surface area contributed by atoms with Crippen LogP contribution in [0.4, 0.5) is 10.5 Å². The van der Waals surface area contributed by atoms with Crippen molar-refractivity contribution in [2.75, 3.05) is 32.5 Å². The van der Waals surface area contributed by atoms with Crippen LogP contribution in [-0.4, -0.2) is 67.0 Å². The van der Waals surface area contributed by atoms with E-state index in [9.17, 15) is 14.4 Å². The highest BCUT2D eigenvalue weighted by molar-refractivity contribution is 5.90. The summed E-state index contributed by atoms with van der Waals surface area (Å²) < 4.78 is 6.27. The van der Waals surface area contributed by atoms with Gasteiger partial charge in [-0.1, -0.05) is 6.92 Å². The van der Waals surface area contributed by atoms with E-state index in [2.05, 4.69) is 10.6 Å². The molecule has 0 aliphatic carbocycles. The van der Waals surface area contributed by atoms with Gasteiger partial charge in [0.05, 0.1) is 13.0 Å². The number of carbonyl (C=O) groups excluding carboxylic acids is 3. The quantitative estimate of drug-likeness (QED) is 0.804. The van der Waals surface area contributed by atoms with Gasteiger partial charge in [0.15, 0.2) is 0 Å². The van der Waals surface area contributed by atoms with E-state index in [0.717, 1.165) is 0 Å². The standard InChI is InChI=1S/C21H32N4O4/c1-13(2)22-21(28)23-17-7-8-18-16(9-17)10-20(27)25(6)11-14(3)19(29-18)12-24(5)15(4)26/h7-9,13-14,19H,10-12H2,1-6H3,(H2,22,23,28)/t14-,19+/m1/s1. The van der Waals surface area contributed by atoms with Crippen LogP contribution < -0.4 is 15.4 Å². The van der Waals surface area contributed by atoms with Crippen molar-refractivity contribution in [2.45, 2.75) is 46.3 Å². The van der Waals surface area contributed by atoms with Crippen molar-refractivity contribution in [1.29, 1.82) is 0 Å². The monoisotopic (exact) mass is 404 g/mol. The molecule has 160 valence electrons. The maximum Gasteiger partial charge on any atom is 0.319 e. The number of hydrogen-bond donors (Lipinski definition) is 2. The summed E-state index contributed by atoms with van der Waals surface area (Å²) in [7, 11) is 3.51. The van der Waals surface area contributed by atoms with Crippen molar-refractivity contribution in [3.8, 4) is 5.75 Å². The van der Waals surface area contributed by atoms with E-state index in [1.807, 2.05) is 20.8 Å². The fourth-order valence-electron chi connectivity index (χ4n) is 3.18. The fourth-order valence-corrected chi connectivity index (χ4v) is 3.18. The van der Waals surface area contributed by atoms with Gasteiger partial charge in [-0.3, -0.25) is 9.59 Å². The number of likely N-dealkylation sites (N-methyl/N-ethyl adjacent to an activating group) is 2. The molecule has 0 saturated heterocycles. The molecular formula is C21H32N4O4. The fraction of sp³-hybridized carbons (Fsp3) is 0.571. The summed E-state index contributed by atoms with van der Waals surface area (Å²) in [6, 6.07) is 5.00. The molecular weight excluding hydrogens is 372 g/mol. The first-order valence-corrected chi connectivity index (χ1v) is 9.89. The van der Waals surface area contributed by atoms with Crippen LogP contribution in [-0.2, 0) is 16.0 Å². The number of benzene rings is 1. The minimum atomic E-state index is -0.304. The second kappa shape index (κ2) is 9.62. The first kappa shape index (κ1) is 22.5. The number of fused-ring (bicyclic) bond motifs is 1. The highest BCUT2D eigenvalue weighted by Crippen LogP contribution is 2.28. The third-order valence-electron chi connectivity index (χ3n) is 4.97. The molecule has 1 aliphatic heterocycles. The van der Waals surface area contributed by atoms with Gasteiger partial charge in [-0.2, -0.15) is 0 Å². The number of ether oxygens (including phenoxy) is 1. The first-order valence-electron chi connectivity index (χ1n) is 9.89. The van der Waals surface area contributed by atoms with E-state index in [-0.39, 0.29) is 42.3 Å². The molecule has 1 aliphatic rings. The van der Waals surface area contributed by atoms with Crippen LogP contribution in [0.3, 0.4) is 0 Å². The molecule has 2 N–H and O–H groups in total. The Hall–Kier alpha value is -2.77. The molecule has 0 radical (unpaired) electrons. The molecule has 8 nitrogen and oxygen atoms in total. The Morgan fingerprint density at radius 2 is 2.03 bits per heavy atom. The lowest BCUT2D eigenvalue weighted by Crippen LogP contribution is -2.43. The van der Waals surface area contributed by atoms with Crippen LogP contribution in [0.15, 0.2) is 18.2 Å². The Kier molecular flexibility index (Phi) is 7.47. The summed E-state index contributed by atoms with van der Waals surface area (Å²) in [5.41, 5.74) is 1.29. The largest absolute Gasteiger partial charge is 0.488 e. The number of carbonyl (C=O) groups is 3. The molecule has 4 amide bonds. The second-order valence-electron chi connectivity index (χ2n) is 8.06. The number of nitrogens with one attached hydrogen (secondary N) is 2. The van der Waals surface area contributed by atoms with Gasteiger partial charge in [-0.25, -0.2) is 4.79 Å². The zero-order valence-corrected chi connectivity index (χ0v) is 18.1. The number of urea groups is 1. The molecule has 1 aromatic carbocycles. The lowest BCUT2D eigenvalue weighted by atomic mass is 10.0. The Balaban J connectivity index is 2.31. The minimum Gasteiger partial charge on any atom is -0.488 e. The third-order valence-corrected chi connectivity index (χ3v) is 4.97. The summed E-state index contributed by atoms with van der Waals surface area (Å²) in [6.45, 7) is 8.25. The van der Waals surface area contributed by atoms with Crippen LogP contribution in [0.2, 0.25) is 0 Å². The van der Waals surface area contributed by atoms with Gasteiger partial charge >= 0.3 is 6.03 Å². The number of anilines is 1. The highest BCUT2D eigenvalue weighted by atomic mass is 16.5. The summed E-state index contributed by atoms with van der Waals surface area (Å²) >= 11 is 0. The van der Waals surface area contributed by atoms with E-state index in [1.165, 1.54) is 6.92 Å². The highest BCUT2D eigenvalue weighted by Gasteiger charge is 2.28. The Labute approximate surface area is 172 Å². The Bertz CT molecular complexity index is 765. The predicted molar refractivity (Wildman–Crippen MR) is 112 cm³/mol. The number of amides is 4. The van der Waals surface area contributed by atoms with Crippen LogP contribution in [0.25, 0.3) is 0 Å². The predicted octanol–water partition coefficient (Wildman–Crippen LogP) is 2.09. The number of nitrogens with zero attached hydrogens (tertiary/aromatic N) is 2. The molecule has 8 heteroatoms. The molecule has 0 aromatic heterocycles. The van der Waals surface area contributed by atoms with Gasteiger partial charge in [0.1, 0.15) is 11.9 Å². The van der Waals surface area contributed by atoms with Crippen molar-refractivity contribution in [3.05, 3.63) is 23.8 Å². The zero-order valence-electron chi connectivity index (χ0n) is 18.1. The van der Waals surface area contributed by atoms with Gasteiger partial charge in [-0.05, 0) is 32.0 Å². The van der Waals surface area contributed by atoms with Gasteiger partial charge in [0.25, 0.3) is 0 Å². The van der Waals surface area contributed by atoms with Crippen molar-refractivity contribution >= 4 is 23.5 Å². The Morgan fingerprint density at radius 1 is 1.34 bits per heavy atom. The summed E-state index contributed by atoms with van der Waals surface area (Å²) in [5, 5.41) is 5.56. The van der Waals surface area contributed by atoms with Gasteiger partial charge in [0, 0.05) is 50.8 Å². The van der Waals surface area contributed by atoms with Crippen molar-refractivity contribution in [1.82, 2.24) is 15.1 Å². The smallest absolute Gasteiger partial charge is 0.319 e. The third kappa shape index (κ3) is 6.37. The summed E-state index contributed by atoms with van der Waals surface area (Å²) in [5.74, 6) is 0.565. The SMILES string of the molecule is CC(=O)N(C)C[C@@H]1Oc2ccc(NC(=O)NC(C)C)cc2CC(=O)N(C)C[C@H]1C. The van der Waals surface area contributed by atoms with E-state index in [1.54, 1.807) is 42.1 Å². The van der Waals surface area contributed by atoms with E-state index < -0.39 is 0 Å². The zero-order chi connectivity index (χ0) is 21.7. The first-order chi connectivity index (χ1) is 13.6. The lowest BCUT2D eigenvalue weighted by Gasteiger charge is -2.30. The second-order valence-corrected chi connectivity index (χ2v) is 8.06. The lowest BCUT2D eigenvalue weighted by molar-refractivity contribution is -0.131. The van der Waals surface area contributed by atoms with Crippen LogP contribution in [0.1, 0.15) is 33.3 Å². The average molecular weight is 405 g/mol. The average Bonchev–Trinajstić information content (AvgIpc) is 2.64. The molecule has 0 spiro atoms. The van der Waals surface area contributed by atoms with Crippen molar-refractivity contribution in [2.24, 2.45) is 5.92 Å². The summed E-state index contributed by atoms with van der Waals surface area (Å²) in [6.07, 6.45) is -0.0890. The van der Waals surface area contributed by atoms with Crippen LogP contribution in [0, 0.1) is 5.92 Å². The van der Waals surface area contributed by atoms with Gasteiger partial charge in [-0.15, -0.1) is 0 Å². The minimum absolute atomic E-state index is 0.0157. The molecule has 0 bridgehead atoms. The maximum absolute atomic E-state index is 12.7. The Morgan fingerprint density at radius 3 is 2.66 bits per heavy atom. The topological polar surface area (TPSA) is 91.0 Å². The molecule has 2 rings (SSSR count). The van der Waals surface area contributed by atoms with E-state index in [4.69, 9.17) is 4.74 Å². The molecule has 0 unspecified atom stereocenters. The maximum atomic E-state index is 12.7. The van der Waals surface area contributed by atoms with Crippen molar-refractivity contribution in [3.63, 3.8) is 0 Å². The number of hydrogen-bond acceptors (Lipinski definition) is 4. The van der Waals surface area contributed by atoms with Gasteiger partial charge in [0.2, 0.25) is 11.8 Å². The van der Waals surface area contributed by atoms with E-state index >= 15 is 0 Å². The summed E-state index contributed by atoms with van der Waals surface area (Å²) in [4.78, 5) is 39.6. The molecule has 0 saturated carbocycles. The van der Waals surface area contributed by atoms with Crippen LogP contribution >= 0.6 is 0 Å².